The predicted molar refractivity (Wildman–Crippen MR) is 56.1 cm³/mol. The van der Waals surface area contributed by atoms with E-state index in [2.05, 4.69) is 12.2 Å². The molecule has 1 heterocycles. The first-order chi connectivity index (χ1) is 6.84. The van der Waals surface area contributed by atoms with Crippen LogP contribution in [0.4, 0.5) is 0 Å². The van der Waals surface area contributed by atoms with E-state index in [4.69, 9.17) is 4.74 Å². The number of rotatable bonds is 2. The van der Waals surface area contributed by atoms with Crippen LogP contribution in [0, 0.1) is 17.8 Å². The van der Waals surface area contributed by atoms with E-state index in [-0.39, 0.29) is 0 Å². The lowest BCUT2D eigenvalue weighted by atomic mass is 9.96. The zero-order chi connectivity index (χ0) is 9.54. The summed E-state index contributed by atoms with van der Waals surface area (Å²) in [5, 5.41) is 3.88. The molecule has 0 amide bonds. The molecular weight excluding hydrogens is 174 g/mol. The molecule has 2 heteroatoms. The van der Waals surface area contributed by atoms with E-state index in [1.54, 1.807) is 0 Å². The molecular formula is C12H21NO. The largest absolute Gasteiger partial charge is 0.381 e. The number of hydrogen-bond donors (Lipinski definition) is 1. The Morgan fingerprint density at radius 1 is 1.14 bits per heavy atom. The third-order valence-corrected chi connectivity index (χ3v) is 4.41. The van der Waals surface area contributed by atoms with Crippen molar-refractivity contribution in [2.45, 2.75) is 44.7 Å². The summed E-state index contributed by atoms with van der Waals surface area (Å²) in [6.07, 6.45) is 5.64. The van der Waals surface area contributed by atoms with Crippen molar-refractivity contribution in [2.24, 2.45) is 17.8 Å². The van der Waals surface area contributed by atoms with E-state index in [0.717, 1.165) is 37.1 Å². The van der Waals surface area contributed by atoms with Crippen molar-refractivity contribution < 1.29 is 4.74 Å². The fourth-order valence-electron chi connectivity index (χ4n) is 3.31. The molecule has 3 aliphatic rings. The zero-order valence-corrected chi connectivity index (χ0v) is 9.04. The topological polar surface area (TPSA) is 21.3 Å². The Hall–Kier alpha value is -0.0800. The number of fused-ring (bicyclic) bond motifs is 1. The van der Waals surface area contributed by atoms with E-state index in [9.17, 15) is 0 Å². The maximum Gasteiger partial charge on any atom is 0.0506 e. The van der Waals surface area contributed by atoms with Gasteiger partial charge in [0.25, 0.3) is 0 Å². The number of ether oxygens (including phenoxy) is 1. The minimum atomic E-state index is 0.710. The quantitative estimate of drug-likeness (QED) is 0.725. The van der Waals surface area contributed by atoms with Gasteiger partial charge in [-0.15, -0.1) is 0 Å². The lowest BCUT2D eigenvalue weighted by Crippen LogP contribution is -2.46. The van der Waals surface area contributed by atoms with Crippen molar-refractivity contribution in [3.8, 4) is 0 Å². The Morgan fingerprint density at radius 2 is 2.07 bits per heavy atom. The molecule has 80 valence electrons. The maximum atomic E-state index is 5.47. The summed E-state index contributed by atoms with van der Waals surface area (Å²) < 4.78 is 5.47. The van der Waals surface area contributed by atoms with Crippen LogP contribution < -0.4 is 5.32 Å². The van der Waals surface area contributed by atoms with Crippen LogP contribution in [0.25, 0.3) is 0 Å². The Bertz CT molecular complexity index is 218. The molecule has 1 saturated heterocycles. The van der Waals surface area contributed by atoms with Gasteiger partial charge in [0.2, 0.25) is 0 Å². The molecule has 2 aliphatic carbocycles. The van der Waals surface area contributed by atoms with Gasteiger partial charge in [0, 0.05) is 18.7 Å². The first-order valence-electron chi connectivity index (χ1n) is 6.18. The fourth-order valence-corrected chi connectivity index (χ4v) is 3.31. The van der Waals surface area contributed by atoms with Gasteiger partial charge in [0.1, 0.15) is 0 Å². The van der Waals surface area contributed by atoms with Gasteiger partial charge >= 0.3 is 0 Å². The van der Waals surface area contributed by atoms with Gasteiger partial charge in [-0.1, -0.05) is 6.92 Å². The fraction of sp³-hybridized carbons (Fsp3) is 1.00. The highest BCUT2D eigenvalue weighted by Gasteiger charge is 2.48. The molecule has 1 N–H and O–H groups in total. The third-order valence-electron chi connectivity index (χ3n) is 4.41. The van der Waals surface area contributed by atoms with Crippen LogP contribution in [0.15, 0.2) is 0 Å². The highest BCUT2D eigenvalue weighted by molar-refractivity contribution is 5.02. The average Bonchev–Trinajstić information content (AvgIpc) is 2.87. The van der Waals surface area contributed by atoms with E-state index < -0.39 is 0 Å². The minimum absolute atomic E-state index is 0.710. The van der Waals surface area contributed by atoms with Gasteiger partial charge in [0.05, 0.1) is 6.61 Å². The Kier molecular flexibility index (Phi) is 2.29. The van der Waals surface area contributed by atoms with E-state index in [1.807, 2.05) is 0 Å². The molecule has 3 rings (SSSR count). The van der Waals surface area contributed by atoms with Crippen LogP contribution in [0.5, 0.6) is 0 Å². The van der Waals surface area contributed by atoms with Gasteiger partial charge in [-0.25, -0.2) is 0 Å². The standard InChI is InChI=1S/C12H21NO/c1-8-7-14-5-4-11(8)13-12-3-2-9-6-10(9)12/h8-13H,2-7H2,1H3/t8?,9-,10+,11?,12?/m1/s1. The molecule has 14 heavy (non-hydrogen) atoms. The molecule has 0 aromatic heterocycles. The monoisotopic (exact) mass is 195 g/mol. The molecule has 2 nitrogen and oxygen atoms in total. The molecule has 0 aromatic carbocycles. The van der Waals surface area contributed by atoms with Crippen LogP contribution in [-0.2, 0) is 4.74 Å². The molecule has 2 saturated carbocycles. The first kappa shape index (κ1) is 9.17. The maximum absolute atomic E-state index is 5.47. The molecule has 0 spiro atoms. The molecule has 0 radical (unpaired) electrons. The number of hydrogen-bond acceptors (Lipinski definition) is 2. The summed E-state index contributed by atoms with van der Waals surface area (Å²) in [5.74, 6) is 2.86. The second-order valence-corrected chi connectivity index (χ2v) is 5.46. The number of nitrogens with one attached hydrogen (secondary N) is 1. The SMILES string of the molecule is CC1COCCC1NC1CC[C@@H]2C[C@H]12. The summed E-state index contributed by atoms with van der Waals surface area (Å²) in [7, 11) is 0. The summed E-state index contributed by atoms with van der Waals surface area (Å²) in [5.41, 5.74) is 0. The lowest BCUT2D eigenvalue weighted by molar-refractivity contribution is 0.0352. The normalized spacial score (nSPS) is 51.6. The molecule has 3 fully saturated rings. The van der Waals surface area contributed by atoms with Crippen molar-refractivity contribution in [3.05, 3.63) is 0 Å². The van der Waals surface area contributed by atoms with Crippen molar-refractivity contribution in [1.29, 1.82) is 0 Å². The van der Waals surface area contributed by atoms with Crippen LogP contribution in [0.1, 0.15) is 32.6 Å². The van der Waals surface area contributed by atoms with Crippen molar-refractivity contribution in [1.82, 2.24) is 5.32 Å². The van der Waals surface area contributed by atoms with Crippen molar-refractivity contribution in [2.75, 3.05) is 13.2 Å². The smallest absolute Gasteiger partial charge is 0.0506 e. The second kappa shape index (κ2) is 3.49. The second-order valence-electron chi connectivity index (χ2n) is 5.46. The lowest BCUT2D eigenvalue weighted by Gasteiger charge is -2.32. The van der Waals surface area contributed by atoms with Gasteiger partial charge in [0.15, 0.2) is 0 Å². The van der Waals surface area contributed by atoms with Crippen molar-refractivity contribution in [3.63, 3.8) is 0 Å². The summed E-state index contributed by atoms with van der Waals surface area (Å²) in [6, 6.07) is 1.58. The van der Waals surface area contributed by atoms with E-state index in [1.165, 1.54) is 25.7 Å². The van der Waals surface area contributed by atoms with Crippen LogP contribution in [0.2, 0.25) is 0 Å². The Morgan fingerprint density at radius 3 is 2.71 bits per heavy atom. The molecule has 0 aromatic rings. The van der Waals surface area contributed by atoms with Crippen molar-refractivity contribution >= 4 is 0 Å². The van der Waals surface area contributed by atoms with Crippen LogP contribution in [0.3, 0.4) is 0 Å². The summed E-state index contributed by atoms with van der Waals surface area (Å²) in [6.45, 7) is 4.23. The van der Waals surface area contributed by atoms with Crippen LogP contribution in [-0.4, -0.2) is 25.3 Å². The van der Waals surface area contributed by atoms with Gasteiger partial charge < -0.3 is 10.1 Å². The van der Waals surface area contributed by atoms with Gasteiger partial charge in [-0.3, -0.25) is 0 Å². The Labute approximate surface area is 86.4 Å². The Balaban J connectivity index is 1.55. The van der Waals surface area contributed by atoms with Gasteiger partial charge in [-0.05, 0) is 43.4 Å². The minimum Gasteiger partial charge on any atom is -0.381 e. The molecule has 1 aliphatic heterocycles. The predicted octanol–water partition coefficient (Wildman–Crippen LogP) is 1.80. The molecule has 0 bridgehead atoms. The zero-order valence-electron chi connectivity index (χ0n) is 9.04. The van der Waals surface area contributed by atoms with E-state index in [0.29, 0.717) is 5.92 Å². The summed E-state index contributed by atoms with van der Waals surface area (Å²) >= 11 is 0. The molecule has 5 atom stereocenters. The average molecular weight is 195 g/mol. The third kappa shape index (κ3) is 1.59. The molecule has 3 unspecified atom stereocenters. The first-order valence-corrected chi connectivity index (χ1v) is 6.18. The van der Waals surface area contributed by atoms with E-state index >= 15 is 0 Å². The highest BCUT2D eigenvalue weighted by atomic mass is 16.5. The highest BCUT2D eigenvalue weighted by Crippen LogP contribution is 2.52. The van der Waals surface area contributed by atoms with Gasteiger partial charge in [-0.2, -0.15) is 0 Å². The summed E-state index contributed by atoms with van der Waals surface area (Å²) in [4.78, 5) is 0. The van der Waals surface area contributed by atoms with Crippen LogP contribution >= 0.6 is 0 Å².